The summed E-state index contributed by atoms with van der Waals surface area (Å²) in [5.41, 5.74) is -2.14. The number of methoxy groups -OCH3 is 2. The molecule has 0 bridgehead atoms. The molecule has 432 valence electrons. The highest BCUT2D eigenvalue weighted by Gasteiger charge is 2.54. The van der Waals surface area contributed by atoms with Gasteiger partial charge in [-0.2, -0.15) is 43.2 Å². The molecule has 0 saturated heterocycles. The van der Waals surface area contributed by atoms with E-state index in [1.54, 1.807) is 41.1 Å². The monoisotopic (exact) mass is 1220 g/mol. The topological polar surface area (TPSA) is 251 Å². The summed E-state index contributed by atoms with van der Waals surface area (Å²) in [6.45, 7) is 1.85. The number of hydrogen-bond acceptors (Lipinski definition) is 15. The van der Waals surface area contributed by atoms with Crippen molar-refractivity contribution in [2.45, 2.75) is 58.2 Å². The van der Waals surface area contributed by atoms with E-state index in [0.29, 0.717) is 62.4 Å². The number of aryl methyl sites for hydroxylation is 2. The summed E-state index contributed by atoms with van der Waals surface area (Å²) >= 11 is 11.9. The van der Waals surface area contributed by atoms with Gasteiger partial charge in [0.15, 0.2) is 5.69 Å². The molecule has 1 amide bonds. The van der Waals surface area contributed by atoms with Crippen molar-refractivity contribution < 1.29 is 76.1 Å². The third kappa shape index (κ3) is 13.9. The Morgan fingerprint density at radius 1 is 0.684 bits per heavy atom. The van der Waals surface area contributed by atoms with Crippen LogP contribution >= 0.6 is 35.6 Å². The number of fused-ring (bicyclic) bond motifs is 2. The van der Waals surface area contributed by atoms with Gasteiger partial charge in [0.1, 0.15) is 28.6 Å². The van der Waals surface area contributed by atoms with Crippen LogP contribution in [0.3, 0.4) is 0 Å². The number of nitrogens with one attached hydrogen (secondary N) is 1. The minimum Gasteiger partial charge on any atom is -0.477 e. The van der Waals surface area contributed by atoms with Crippen molar-refractivity contribution in [3.8, 4) is 0 Å². The van der Waals surface area contributed by atoms with Crippen LogP contribution in [0, 0.1) is 11.6 Å². The van der Waals surface area contributed by atoms with Crippen LogP contribution in [0.4, 0.5) is 46.5 Å². The maximum Gasteiger partial charge on any atom is 0.516 e. The van der Waals surface area contributed by atoms with E-state index in [0.717, 1.165) is 36.4 Å². The summed E-state index contributed by atoms with van der Waals surface area (Å²) in [6.07, 6.45) is 4.21. The Bertz CT molecular complexity index is 3500. The number of hydrogen-bond donors (Lipinski definition) is 3. The number of benzene rings is 2. The summed E-state index contributed by atoms with van der Waals surface area (Å²) in [4.78, 5) is 32.7. The summed E-state index contributed by atoms with van der Waals surface area (Å²) in [5, 5.41) is 22.1. The van der Waals surface area contributed by atoms with Crippen molar-refractivity contribution in [2.75, 3.05) is 50.4 Å². The number of aromatic carboxylic acids is 1. The molecule has 0 aliphatic carbocycles. The first-order chi connectivity index (χ1) is 36.1. The summed E-state index contributed by atoms with van der Waals surface area (Å²) in [7, 11) is -9.47. The molecule has 2 aromatic carbocycles. The Morgan fingerprint density at radius 2 is 1.09 bits per heavy atom. The van der Waals surface area contributed by atoms with Gasteiger partial charge in [0.05, 0.1) is 73.2 Å². The number of amidine groups is 2. The van der Waals surface area contributed by atoms with E-state index in [-0.39, 0.29) is 71.7 Å². The standard InChI is InChI=1S/C22H21ClF4N6O4S.C12H14F4N4O3S.C10H9ClN2O2.CH4.ClH/c1-3-16-19(31-12-14(23)5-7-18(31)29-16)20(34)28-11-13-4-6-17(15(24)10-13)32-8-9-33(21(30-32)37-2)38(35,36)22(25,26)27;1-23-11-18-19(10-3-2-8(7-17)6-9(10)13)4-5-20(11)24(21,22)12(14,15)16;1-2-7-9(10(14)15)13-5-6(11)3-4-8(13)12-7;;/h4-7,10,12H,3,8-9,11H2,1-2H3,(H,28,34);2-3,6H,4-5,7,17H2,1H3;3-5H,2H2,1H3,(H,14,15);1H4;1H. The lowest BCUT2D eigenvalue weighted by Gasteiger charge is -2.32. The zero-order valence-corrected chi connectivity index (χ0v) is 44.8. The van der Waals surface area contributed by atoms with Crippen LogP contribution in [0.25, 0.3) is 11.3 Å². The first-order valence-corrected chi connectivity index (χ1v) is 25.8. The number of hydrazone groups is 2. The SMILES string of the molecule is C.CCc1nc2ccc(Cl)cn2c1C(=O)NCc1ccc(N2CCN(S(=O)(=O)C(F)(F)F)C(OC)=N2)c(F)c1.CCc1nc2ccc(Cl)cn2c1C(=O)O.COC1=NN(c2ccc(CN)cc2F)CCN1S(=O)(=O)C(F)(F)F.Cl. The van der Waals surface area contributed by atoms with E-state index in [9.17, 15) is 61.5 Å². The molecule has 0 atom stereocenters. The predicted octanol–water partition coefficient (Wildman–Crippen LogP) is 7.99. The second-order valence-corrected chi connectivity index (χ2v) is 20.5. The van der Waals surface area contributed by atoms with Crippen LogP contribution in [-0.4, -0.2) is 125 Å². The van der Waals surface area contributed by atoms with Crippen molar-refractivity contribution in [1.82, 2.24) is 32.7 Å². The first kappa shape index (κ1) is 64.6. The molecule has 6 heterocycles. The minimum absolute atomic E-state index is 0. The lowest BCUT2D eigenvalue weighted by molar-refractivity contribution is -0.0482. The summed E-state index contributed by atoms with van der Waals surface area (Å²) in [6, 6.07) is 13.0. The number of halogens is 11. The van der Waals surface area contributed by atoms with Crippen molar-refractivity contribution in [3.05, 3.63) is 129 Å². The molecular formula is C45H49Cl3F8N12O9S2. The maximum absolute atomic E-state index is 15.0. The van der Waals surface area contributed by atoms with E-state index in [1.165, 1.54) is 28.7 Å². The Kier molecular flexibility index (Phi) is 21.2. The Balaban J connectivity index is 0.000000280. The van der Waals surface area contributed by atoms with Crippen molar-refractivity contribution >= 4 is 102 Å². The molecule has 4 N–H and O–H groups in total. The molecule has 0 unspecified atom stereocenters. The number of sulfonamides is 2. The van der Waals surface area contributed by atoms with E-state index in [2.05, 4.69) is 30.2 Å². The lowest BCUT2D eigenvalue weighted by atomic mass is 10.1. The number of nitrogens with zero attached hydrogens (tertiary/aromatic N) is 10. The molecule has 0 spiro atoms. The third-order valence-electron chi connectivity index (χ3n) is 11.1. The average molecular weight is 1220 g/mol. The largest absolute Gasteiger partial charge is 0.516 e. The Labute approximate surface area is 462 Å². The fourth-order valence-corrected chi connectivity index (χ4v) is 9.51. The number of alkyl halides is 6. The number of amides is 1. The third-order valence-corrected chi connectivity index (χ3v) is 14.5. The van der Waals surface area contributed by atoms with Gasteiger partial charge in [-0.25, -0.2) is 32.2 Å². The lowest BCUT2D eigenvalue weighted by Crippen LogP contribution is -2.51. The van der Waals surface area contributed by atoms with Crippen LogP contribution < -0.4 is 21.1 Å². The minimum atomic E-state index is -5.74. The van der Waals surface area contributed by atoms with Crippen molar-refractivity contribution in [2.24, 2.45) is 15.9 Å². The zero-order chi connectivity index (χ0) is 56.9. The molecule has 79 heavy (non-hydrogen) atoms. The molecule has 21 nitrogen and oxygen atoms in total. The number of rotatable bonds is 11. The quantitative estimate of drug-likeness (QED) is 0.104. The number of carbonyl (C=O) groups is 2. The molecule has 0 radical (unpaired) electrons. The molecule has 6 aromatic rings. The summed E-state index contributed by atoms with van der Waals surface area (Å²) < 4.78 is 165. The van der Waals surface area contributed by atoms with Crippen LogP contribution in [0.15, 0.2) is 83.3 Å². The number of nitrogens with two attached hydrogens (primary N) is 1. The molecule has 34 heteroatoms. The van der Waals surface area contributed by atoms with Gasteiger partial charge in [0.2, 0.25) is 0 Å². The van der Waals surface area contributed by atoms with Gasteiger partial charge in [-0.15, -0.1) is 22.6 Å². The maximum atomic E-state index is 15.0. The van der Waals surface area contributed by atoms with Gasteiger partial charge in [-0.3, -0.25) is 23.6 Å². The fraction of sp³-hybridized carbons (Fsp3) is 0.333. The molecule has 0 fully saturated rings. The van der Waals surface area contributed by atoms with Crippen molar-refractivity contribution in [3.63, 3.8) is 0 Å². The van der Waals surface area contributed by atoms with Crippen LogP contribution in [0.2, 0.25) is 10.0 Å². The van der Waals surface area contributed by atoms with Gasteiger partial charge in [0.25, 0.3) is 5.91 Å². The second kappa shape index (κ2) is 25.9. The number of aromatic nitrogens is 4. The fourth-order valence-electron chi connectivity index (χ4n) is 7.42. The molecule has 0 saturated carbocycles. The highest BCUT2D eigenvalue weighted by Crippen LogP contribution is 2.32. The number of anilines is 2. The average Bonchev–Trinajstić information content (AvgIpc) is 3.97. The molecular weight excluding hydrogens is 1180 g/mol. The van der Waals surface area contributed by atoms with E-state index < -0.39 is 79.7 Å². The smallest absolute Gasteiger partial charge is 0.477 e. The highest BCUT2D eigenvalue weighted by atomic mass is 35.5. The zero-order valence-electron chi connectivity index (χ0n) is 40.9. The Morgan fingerprint density at radius 3 is 1.47 bits per heavy atom. The van der Waals surface area contributed by atoms with Crippen LogP contribution in [0.1, 0.15) is 64.8 Å². The molecule has 4 aromatic heterocycles. The number of ether oxygens (including phenoxy) is 2. The number of pyridine rings is 2. The van der Waals surface area contributed by atoms with Gasteiger partial charge >= 0.3 is 49.1 Å². The first-order valence-electron chi connectivity index (χ1n) is 22.2. The van der Waals surface area contributed by atoms with E-state index >= 15 is 0 Å². The van der Waals surface area contributed by atoms with Gasteiger partial charge in [-0.05, 0) is 72.5 Å². The van der Waals surface area contributed by atoms with Gasteiger partial charge in [0, 0.05) is 25.5 Å². The molecule has 2 aliphatic rings. The molecule has 2 aliphatic heterocycles. The molecule has 8 rings (SSSR count). The number of imidazole rings is 2. The number of carboxylic acid groups (broad SMARTS) is 1. The van der Waals surface area contributed by atoms with Gasteiger partial charge in [-0.1, -0.05) is 56.6 Å². The Hall–Kier alpha value is -6.93. The number of carboxylic acids is 1. The normalized spacial score (nSPS) is 14.0. The predicted molar refractivity (Wildman–Crippen MR) is 279 cm³/mol. The summed E-state index contributed by atoms with van der Waals surface area (Å²) in [5.74, 6) is -2.91. The highest BCUT2D eigenvalue weighted by molar-refractivity contribution is 7.90. The van der Waals surface area contributed by atoms with Gasteiger partial charge < -0.3 is 25.6 Å². The van der Waals surface area contributed by atoms with Crippen molar-refractivity contribution in [1.29, 1.82) is 0 Å². The van der Waals surface area contributed by atoms with E-state index in [4.69, 9.17) is 38.8 Å². The number of carbonyl (C=O) groups excluding carboxylic acids is 1. The van der Waals surface area contributed by atoms with Crippen LogP contribution in [0.5, 0.6) is 0 Å². The second-order valence-electron chi connectivity index (χ2n) is 15.9. The van der Waals surface area contributed by atoms with Crippen LogP contribution in [-0.2, 0) is 55.5 Å². The van der Waals surface area contributed by atoms with E-state index in [1.807, 2.05) is 13.8 Å².